The minimum absolute atomic E-state index is 0.107. The van der Waals surface area contributed by atoms with Crippen molar-refractivity contribution in [3.8, 4) is 11.3 Å². The topological polar surface area (TPSA) is 100 Å². The molecule has 0 fully saturated rings. The molecular weight excluding hydrogens is 704 g/mol. The van der Waals surface area contributed by atoms with Gasteiger partial charge in [0.15, 0.2) is 5.13 Å². The standard InChI is InChI=1S/C38H35BrN4O3S2/c1-4-34(37(46)43-38-42-33(23-47-38)27-17-19-29(39)20-18-27)48-31-12-8-11-30(22-31)40-36(45)32(41-35(44)28-9-6-5-7-10-28)21-25-13-15-26(16-14-25)24(2)3/h5-24,34H,4H2,1-3H3,(H,40,45)(H,41,44)(H,42,43,46)/b32-21+. The Balaban J connectivity index is 1.28. The average Bonchev–Trinajstić information content (AvgIpc) is 3.56. The lowest BCUT2D eigenvalue weighted by Gasteiger charge is -2.15. The summed E-state index contributed by atoms with van der Waals surface area (Å²) in [7, 11) is 0. The summed E-state index contributed by atoms with van der Waals surface area (Å²) in [5, 5.41) is 10.8. The van der Waals surface area contributed by atoms with E-state index in [1.807, 2.05) is 85.1 Å². The highest BCUT2D eigenvalue weighted by Crippen LogP contribution is 2.31. The summed E-state index contributed by atoms with van der Waals surface area (Å²) in [5.41, 5.74) is 4.81. The fourth-order valence-corrected chi connectivity index (χ4v) is 6.69. The van der Waals surface area contributed by atoms with E-state index < -0.39 is 5.91 Å². The van der Waals surface area contributed by atoms with Gasteiger partial charge in [-0.05, 0) is 72.0 Å². The number of nitrogens with one attached hydrogen (secondary N) is 3. The second-order valence-electron chi connectivity index (χ2n) is 11.2. The van der Waals surface area contributed by atoms with Crippen LogP contribution >= 0.6 is 39.0 Å². The number of benzene rings is 4. The first-order chi connectivity index (χ1) is 23.2. The Hall–Kier alpha value is -4.51. The van der Waals surface area contributed by atoms with Crippen molar-refractivity contribution < 1.29 is 14.4 Å². The van der Waals surface area contributed by atoms with Crippen molar-refractivity contribution in [3.05, 3.63) is 135 Å². The first kappa shape index (κ1) is 34.8. The predicted molar refractivity (Wildman–Crippen MR) is 201 cm³/mol. The maximum absolute atomic E-state index is 13.6. The second kappa shape index (κ2) is 16.5. The highest BCUT2D eigenvalue weighted by atomic mass is 79.9. The fraction of sp³-hybridized carbons (Fsp3) is 0.158. The maximum atomic E-state index is 13.6. The predicted octanol–water partition coefficient (Wildman–Crippen LogP) is 9.61. The lowest BCUT2D eigenvalue weighted by atomic mass is 10.0. The highest BCUT2D eigenvalue weighted by molar-refractivity contribution is 9.10. The number of carbonyl (C=O) groups excluding carboxylic acids is 3. The number of anilines is 2. The van der Waals surface area contributed by atoms with Gasteiger partial charge in [-0.1, -0.05) is 97.4 Å². The molecule has 0 spiro atoms. The molecule has 3 amide bonds. The van der Waals surface area contributed by atoms with Crippen LogP contribution in [0.5, 0.6) is 0 Å². The van der Waals surface area contributed by atoms with E-state index in [0.29, 0.717) is 28.7 Å². The molecule has 0 aliphatic rings. The lowest BCUT2D eigenvalue weighted by Crippen LogP contribution is -2.30. The number of carbonyl (C=O) groups is 3. The van der Waals surface area contributed by atoms with Crippen molar-refractivity contribution in [1.82, 2.24) is 10.3 Å². The quantitative estimate of drug-likeness (QED) is 0.0875. The zero-order valence-corrected chi connectivity index (χ0v) is 29.9. The smallest absolute Gasteiger partial charge is 0.272 e. The van der Waals surface area contributed by atoms with Crippen LogP contribution in [0.2, 0.25) is 0 Å². The Bertz CT molecular complexity index is 1910. The molecule has 1 aromatic heterocycles. The second-order valence-corrected chi connectivity index (χ2v) is 14.3. The molecule has 0 bridgehead atoms. The first-order valence-corrected chi connectivity index (χ1v) is 18.0. The van der Waals surface area contributed by atoms with Gasteiger partial charge < -0.3 is 16.0 Å². The number of hydrogen-bond donors (Lipinski definition) is 3. The van der Waals surface area contributed by atoms with E-state index in [0.717, 1.165) is 26.2 Å². The number of aromatic nitrogens is 1. The third-order valence-electron chi connectivity index (χ3n) is 7.35. The number of hydrogen-bond acceptors (Lipinski definition) is 6. The van der Waals surface area contributed by atoms with E-state index in [4.69, 9.17) is 0 Å². The summed E-state index contributed by atoms with van der Waals surface area (Å²) in [6.45, 7) is 6.19. The van der Waals surface area contributed by atoms with E-state index in [2.05, 4.69) is 50.7 Å². The molecule has 1 heterocycles. The summed E-state index contributed by atoms with van der Waals surface area (Å²) in [5.74, 6) is -0.633. The molecule has 3 N–H and O–H groups in total. The van der Waals surface area contributed by atoms with Crippen LogP contribution in [0.1, 0.15) is 54.6 Å². The molecule has 0 aliphatic heterocycles. The summed E-state index contributed by atoms with van der Waals surface area (Å²) < 4.78 is 0.987. The van der Waals surface area contributed by atoms with Crippen LogP contribution < -0.4 is 16.0 Å². The van der Waals surface area contributed by atoms with Crippen molar-refractivity contribution in [2.75, 3.05) is 10.6 Å². The van der Waals surface area contributed by atoms with Crippen molar-refractivity contribution >= 4 is 73.6 Å². The zero-order chi connectivity index (χ0) is 34.0. The van der Waals surface area contributed by atoms with Crippen LogP contribution in [0.4, 0.5) is 10.8 Å². The van der Waals surface area contributed by atoms with E-state index >= 15 is 0 Å². The molecule has 48 heavy (non-hydrogen) atoms. The van der Waals surface area contributed by atoms with Gasteiger partial charge in [0.05, 0.1) is 10.9 Å². The molecule has 5 aromatic rings. The van der Waals surface area contributed by atoms with Crippen LogP contribution in [0.3, 0.4) is 0 Å². The van der Waals surface area contributed by atoms with E-state index in [1.165, 1.54) is 28.7 Å². The van der Waals surface area contributed by atoms with Crippen LogP contribution in [0.15, 0.2) is 124 Å². The Labute approximate surface area is 297 Å². The number of thiazole rings is 1. The molecule has 1 atom stereocenters. The van der Waals surface area contributed by atoms with Gasteiger partial charge in [-0.2, -0.15) is 0 Å². The molecule has 10 heteroatoms. The maximum Gasteiger partial charge on any atom is 0.272 e. The van der Waals surface area contributed by atoms with Crippen molar-refractivity contribution in [2.24, 2.45) is 0 Å². The molecule has 0 saturated carbocycles. The van der Waals surface area contributed by atoms with Crippen LogP contribution in [-0.4, -0.2) is 28.0 Å². The van der Waals surface area contributed by atoms with Gasteiger partial charge in [-0.3, -0.25) is 14.4 Å². The van der Waals surface area contributed by atoms with Gasteiger partial charge >= 0.3 is 0 Å². The molecule has 0 radical (unpaired) electrons. The van der Waals surface area contributed by atoms with Gasteiger partial charge in [0.25, 0.3) is 11.8 Å². The van der Waals surface area contributed by atoms with Crippen LogP contribution in [0.25, 0.3) is 17.3 Å². The molecule has 7 nitrogen and oxygen atoms in total. The average molecular weight is 740 g/mol. The number of halogens is 1. The largest absolute Gasteiger partial charge is 0.321 e. The molecule has 5 rings (SSSR count). The van der Waals surface area contributed by atoms with E-state index in [-0.39, 0.29) is 22.8 Å². The molecule has 0 saturated heterocycles. The van der Waals surface area contributed by atoms with Gasteiger partial charge in [-0.15, -0.1) is 23.1 Å². The highest BCUT2D eigenvalue weighted by Gasteiger charge is 2.21. The molecule has 0 aliphatic carbocycles. The van der Waals surface area contributed by atoms with Crippen LogP contribution in [0, 0.1) is 0 Å². The van der Waals surface area contributed by atoms with E-state index in [1.54, 1.807) is 36.4 Å². The van der Waals surface area contributed by atoms with Gasteiger partial charge in [-0.25, -0.2) is 4.98 Å². The molecule has 244 valence electrons. The molecule has 1 unspecified atom stereocenters. The van der Waals surface area contributed by atoms with E-state index in [9.17, 15) is 14.4 Å². The number of amides is 3. The fourth-order valence-electron chi connectivity index (χ4n) is 4.69. The Kier molecular flexibility index (Phi) is 12.0. The SMILES string of the molecule is CCC(Sc1cccc(NC(=O)/C(=C\c2ccc(C(C)C)cc2)NC(=O)c2ccccc2)c1)C(=O)Nc1nc(-c2ccc(Br)cc2)cs1. The summed E-state index contributed by atoms with van der Waals surface area (Å²) >= 11 is 6.24. The number of thioether (sulfide) groups is 1. The lowest BCUT2D eigenvalue weighted by molar-refractivity contribution is -0.116. The summed E-state index contributed by atoms with van der Waals surface area (Å²) in [6, 6.07) is 31.8. The van der Waals surface area contributed by atoms with Gasteiger partial charge in [0.1, 0.15) is 5.70 Å². The zero-order valence-electron chi connectivity index (χ0n) is 26.7. The minimum atomic E-state index is -0.468. The Morgan fingerprint density at radius 2 is 1.62 bits per heavy atom. The monoisotopic (exact) mass is 738 g/mol. The molecule has 4 aromatic carbocycles. The van der Waals surface area contributed by atoms with Gasteiger partial charge in [0, 0.05) is 31.6 Å². The third-order valence-corrected chi connectivity index (χ3v) is 10.00. The van der Waals surface area contributed by atoms with Crippen molar-refractivity contribution in [2.45, 2.75) is 43.3 Å². The third kappa shape index (κ3) is 9.53. The summed E-state index contributed by atoms with van der Waals surface area (Å²) in [6.07, 6.45) is 2.25. The Morgan fingerprint density at radius 3 is 2.31 bits per heavy atom. The first-order valence-electron chi connectivity index (χ1n) is 15.5. The minimum Gasteiger partial charge on any atom is -0.321 e. The molecular formula is C38H35BrN4O3S2. The van der Waals surface area contributed by atoms with Crippen molar-refractivity contribution in [1.29, 1.82) is 0 Å². The van der Waals surface area contributed by atoms with Gasteiger partial charge in [0.2, 0.25) is 5.91 Å². The Morgan fingerprint density at radius 1 is 0.896 bits per heavy atom. The summed E-state index contributed by atoms with van der Waals surface area (Å²) in [4.78, 5) is 45.3. The van der Waals surface area contributed by atoms with Crippen LogP contribution in [-0.2, 0) is 9.59 Å². The van der Waals surface area contributed by atoms with Crippen molar-refractivity contribution in [3.63, 3.8) is 0 Å². The number of nitrogens with zero attached hydrogens (tertiary/aromatic N) is 1. The normalized spacial score (nSPS) is 12.0. The number of rotatable bonds is 12.